The summed E-state index contributed by atoms with van der Waals surface area (Å²) in [5.41, 5.74) is 7.41. The first kappa shape index (κ1) is 17.4. The highest BCUT2D eigenvalue weighted by Gasteiger charge is 2.30. The van der Waals surface area contributed by atoms with E-state index >= 15 is 0 Å². The fourth-order valence-electron chi connectivity index (χ4n) is 4.24. The third-order valence-electron chi connectivity index (χ3n) is 5.44. The first-order valence-electron chi connectivity index (χ1n) is 9.92. The minimum atomic E-state index is 0.432. The van der Waals surface area contributed by atoms with Crippen molar-refractivity contribution in [3.63, 3.8) is 0 Å². The van der Waals surface area contributed by atoms with E-state index in [0.717, 1.165) is 38.5 Å². The molecular formula is C21H29N5. The molecule has 138 valence electrons. The predicted molar refractivity (Wildman–Crippen MR) is 109 cm³/mol. The van der Waals surface area contributed by atoms with Crippen molar-refractivity contribution in [3.8, 4) is 0 Å². The molecule has 0 amide bonds. The van der Waals surface area contributed by atoms with Gasteiger partial charge in [0.15, 0.2) is 0 Å². The molecule has 8 bridgehead atoms. The number of nitrogens with one attached hydrogen (secondary N) is 2. The molecule has 26 heavy (non-hydrogen) atoms. The van der Waals surface area contributed by atoms with E-state index in [2.05, 4.69) is 28.9 Å². The lowest BCUT2D eigenvalue weighted by Gasteiger charge is -2.16. The molecule has 1 fully saturated rings. The van der Waals surface area contributed by atoms with Gasteiger partial charge < -0.3 is 10.6 Å². The standard InChI is InChI=1S/C19H22N4.C2H7N/c1-3-14-10-16-5-7-18(22-16)19-8-6-17(23-19)11-15-4-2-13(21-15)9-12(1)20-14;1-3-2/h9-11,18-19,22H,1-8H2;3H,1-2H3/b12-9-,15-11-,16-10-;. The van der Waals surface area contributed by atoms with E-state index in [0.29, 0.717) is 12.1 Å². The van der Waals surface area contributed by atoms with Gasteiger partial charge >= 0.3 is 0 Å². The molecule has 5 rings (SSSR count). The zero-order chi connectivity index (χ0) is 17.9. The Morgan fingerprint density at radius 2 is 1.46 bits per heavy atom. The molecule has 2 N–H and O–H groups in total. The molecule has 0 radical (unpaired) electrons. The van der Waals surface area contributed by atoms with E-state index in [1.807, 2.05) is 14.1 Å². The smallest absolute Gasteiger partial charge is 0.0707 e. The van der Waals surface area contributed by atoms with Gasteiger partial charge in [-0.25, -0.2) is 0 Å². The lowest BCUT2D eigenvalue weighted by molar-refractivity contribution is 0.492. The van der Waals surface area contributed by atoms with Gasteiger partial charge in [-0.3, -0.25) is 15.0 Å². The summed E-state index contributed by atoms with van der Waals surface area (Å²) >= 11 is 0. The van der Waals surface area contributed by atoms with Gasteiger partial charge in [-0.1, -0.05) is 0 Å². The van der Waals surface area contributed by atoms with Crippen LogP contribution in [0.4, 0.5) is 0 Å². The first-order valence-corrected chi connectivity index (χ1v) is 9.92. The van der Waals surface area contributed by atoms with Crippen molar-refractivity contribution < 1.29 is 0 Å². The Labute approximate surface area is 156 Å². The quantitative estimate of drug-likeness (QED) is 0.703. The lowest BCUT2D eigenvalue weighted by atomic mass is 10.0. The Morgan fingerprint density at radius 3 is 2.19 bits per heavy atom. The summed E-state index contributed by atoms with van der Waals surface area (Å²) in [6, 6.07) is 0.934. The predicted octanol–water partition coefficient (Wildman–Crippen LogP) is 3.31. The van der Waals surface area contributed by atoms with Gasteiger partial charge in [0.2, 0.25) is 0 Å². The number of rotatable bonds is 0. The molecule has 5 aliphatic rings. The van der Waals surface area contributed by atoms with Gasteiger partial charge in [-0.2, -0.15) is 0 Å². The molecule has 0 aromatic carbocycles. The fourth-order valence-corrected chi connectivity index (χ4v) is 4.24. The molecule has 5 heteroatoms. The summed E-state index contributed by atoms with van der Waals surface area (Å²) in [6.45, 7) is 0. The Balaban J connectivity index is 0.000000527. The Hall–Kier alpha value is -2.01. The molecule has 1 saturated heterocycles. The highest BCUT2D eigenvalue weighted by Crippen LogP contribution is 2.29. The second kappa shape index (κ2) is 7.70. The van der Waals surface area contributed by atoms with Gasteiger partial charge in [0.1, 0.15) is 0 Å². The largest absolute Gasteiger partial charge is 0.383 e. The molecule has 0 aromatic rings. The highest BCUT2D eigenvalue weighted by atomic mass is 15.0. The molecule has 0 aromatic heterocycles. The van der Waals surface area contributed by atoms with Gasteiger partial charge in [0, 0.05) is 40.3 Å². The van der Waals surface area contributed by atoms with Crippen molar-refractivity contribution in [2.75, 3.05) is 14.1 Å². The van der Waals surface area contributed by atoms with Crippen LogP contribution in [0.2, 0.25) is 0 Å². The van der Waals surface area contributed by atoms with Gasteiger partial charge in [0.05, 0.1) is 6.04 Å². The van der Waals surface area contributed by atoms with E-state index in [1.165, 1.54) is 47.1 Å². The van der Waals surface area contributed by atoms with E-state index in [1.54, 1.807) is 0 Å². The normalized spacial score (nSPS) is 35.0. The number of fused-ring (bicyclic) bond motifs is 6. The molecule has 5 heterocycles. The minimum Gasteiger partial charge on any atom is -0.383 e. The molecule has 0 aliphatic carbocycles. The third kappa shape index (κ3) is 3.88. The lowest BCUT2D eigenvalue weighted by Crippen LogP contribution is -2.31. The Morgan fingerprint density at radius 1 is 0.808 bits per heavy atom. The minimum absolute atomic E-state index is 0.432. The third-order valence-corrected chi connectivity index (χ3v) is 5.44. The van der Waals surface area contributed by atoms with E-state index < -0.39 is 0 Å². The van der Waals surface area contributed by atoms with E-state index in [4.69, 9.17) is 15.0 Å². The van der Waals surface area contributed by atoms with Crippen LogP contribution in [0.15, 0.2) is 50.3 Å². The molecule has 2 unspecified atom stereocenters. The summed E-state index contributed by atoms with van der Waals surface area (Å²) in [4.78, 5) is 14.6. The maximum Gasteiger partial charge on any atom is 0.0707 e. The van der Waals surface area contributed by atoms with Crippen LogP contribution in [-0.2, 0) is 0 Å². The maximum absolute atomic E-state index is 4.98. The summed E-state index contributed by atoms with van der Waals surface area (Å²) in [6.07, 6.45) is 15.5. The first-order chi connectivity index (χ1) is 12.7. The second-order valence-corrected chi connectivity index (χ2v) is 7.66. The number of hydrogen-bond acceptors (Lipinski definition) is 5. The van der Waals surface area contributed by atoms with Crippen LogP contribution in [0.1, 0.15) is 51.4 Å². The molecule has 2 atom stereocenters. The zero-order valence-corrected chi connectivity index (χ0v) is 15.9. The van der Waals surface area contributed by atoms with Gasteiger partial charge in [-0.15, -0.1) is 0 Å². The molecule has 5 aliphatic heterocycles. The van der Waals surface area contributed by atoms with Crippen LogP contribution >= 0.6 is 0 Å². The molecular weight excluding hydrogens is 322 g/mol. The summed E-state index contributed by atoms with van der Waals surface area (Å²) in [7, 11) is 3.75. The van der Waals surface area contributed by atoms with Gasteiger partial charge in [-0.05, 0) is 83.7 Å². The van der Waals surface area contributed by atoms with Crippen LogP contribution in [-0.4, -0.2) is 43.3 Å². The summed E-state index contributed by atoms with van der Waals surface area (Å²) < 4.78 is 0. The van der Waals surface area contributed by atoms with Crippen molar-refractivity contribution >= 4 is 17.1 Å². The number of nitrogens with zero attached hydrogens (tertiary/aromatic N) is 3. The van der Waals surface area contributed by atoms with Gasteiger partial charge in [0.25, 0.3) is 0 Å². The Kier molecular flexibility index (Phi) is 5.16. The molecule has 0 saturated carbocycles. The SMILES string of the molecule is C1=C2/CCC(=N2)/C=C2/CCC(N2)C2CCC(=N2)/C=C2/CCC/1=N2.CNC. The van der Waals surface area contributed by atoms with Crippen molar-refractivity contribution in [2.24, 2.45) is 15.0 Å². The fraction of sp³-hybridized carbons (Fsp3) is 0.571. The number of aliphatic imine (C=N–C) groups is 3. The van der Waals surface area contributed by atoms with Crippen LogP contribution in [0.5, 0.6) is 0 Å². The average Bonchev–Trinajstić information content (AvgIpc) is 3.38. The zero-order valence-electron chi connectivity index (χ0n) is 15.9. The van der Waals surface area contributed by atoms with Crippen LogP contribution in [0.25, 0.3) is 0 Å². The van der Waals surface area contributed by atoms with E-state index in [-0.39, 0.29) is 0 Å². The van der Waals surface area contributed by atoms with Crippen molar-refractivity contribution in [3.05, 3.63) is 35.3 Å². The van der Waals surface area contributed by atoms with Crippen LogP contribution in [0.3, 0.4) is 0 Å². The number of hydrogen-bond donors (Lipinski definition) is 2. The van der Waals surface area contributed by atoms with Crippen LogP contribution in [0, 0.1) is 0 Å². The Bertz CT molecular complexity index is 750. The summed E-state index contributed by atoms with van der Waals surface area (Å²) in [5, 5.41) is 6.46. The molecule has 0 spiro atoms. The summed E-state index contributed by atoms with van der Waals surface area (Å²) in [5.74, 6) is 0. The maximum atomic E-state index is 4.98. The second-order valence-electron chi connectivity index (χ2n) is 7.66. The van der Waals surface area contributed by atoms with Crippen molar-refractivity contribution in [2.45, 2.75) is 63.5 Å². The topological polar surface area (TPSA) is 61.1 Å². The van der Waals surface area contributed by atoms with Crippen LogP contribution < -0.4 is 10.6 Å². The molecule has 5 nitrogen and oxygen atoms in total. The van der Waals surface area contributed by atoms with E-state index in [9.17, 15) is 0 Å². The highest BCUT2D eigenvalue weighted by molar-refractivity contribution is 6.03. The van der Waals surface area contributed by atoms with Crippen molar-refractivity contribution in [1.82, 2.24) is 10.6 Å². The number of allylic oxidation sites excluding steroid dienone is 6. The monoisotopic (exact) mass is 351 g/mol. The average molecular weight is 351 g/mol. The van der Waals surface area contributed by atoms with Crippen molar-refractivity contribution in [1.29, 1.82) is 0 Å².